The first-order valence-electron chi connectivity index (χ1n) is 13.9. The van der Waals surface area contributed by atoms with E-state index >= 15 is 0 Å². The molecule has 8 nitrogen and oxygen atoms in total. The van der Waals surface area contributed by atoms with E-state index in [-0.39, 0.29) is 42.7 Å². The number of hydrogen-bond donors (Lipinski definition) is 3. The first kappa shape index (κ1) is 30.1. The maximum atomic E-state index is 13.0. The molecule has 3 unspecified atom stereocenters. The van der Waals surface area contributed by atoms with E-state index in [4.69, 9.17) is 23.2 Å². The van der Waals surface area contributed by atoms with Gasteiger partial charge in [0.1, 0.15) is 0 Å². The minimum atomic E-state index is -1.11. The van der Waals surface area contributed by atoms with Crippen molar-refractivity contribution >= 4 is 74.4 Å². The average molecular weight is 629 g/mol. The number of carbonyl (C=O) groups excluding carboxylic acids is 3. The van der Waals surface area contributed by atoms with Crippen LogP contribution in [0.15, 0.2) is 53.9 Å². The van der Waals surface area contributed by atoms with Crippen LogP contribution in [0.3, 0.4) is 0 Å². The van der Waals surface area contributed by atoms with Gasteiger partial charge in [-0.25, -0.2) is 0 Å². The third-order valence-electron chi connectivity index (χ3n) is 7.88. The van der Waals surface area contributed by atoms with Gasteiger partial charge >= 0.3 is 5.97 Å². The minimum absolute atomic E-state index is 0.0408. The van der Waals surface area contributed by atoms with Gasteiger partial charge in [-0.15, -0.1) is 11.3 Å². The monoisotopic (exact) mass is 627 g/mol. The Bertz CT molecular complexity index is 1520. The van der Waals surface area contributed by atoms with Crippen LogP contribution in [-0.2, 0) is 19.2 Å². The Morgan fingerprint density at radius 3 is 2.52 bits per heavy atom. The van der Waals surface area contributed by atoms with Gasteiger partial charge in [0, 0.05) is 37.7 Å². The predicted molar refractivity (Wildman–Crippen MR) is 165 cm³/mol. The molecule has 1 aliphatic carbocycles. The fourth-order valence-electron chi connectivity index (χ4n) is 5.40. The van der Waals surface area contributed by atoms with Crippen molar-refractivity contribution in [2.75, 3.05) is 19.6 Å². The predicted octanol–water partition coefficient (Wildman–Crippen LogP) is 5.34. The quantitative estimate of drug-likeness (QED) is 0.262. The van der Waals surface area contributed by atoms with Gasteiger partial charge in [0.25, 0.3) is 0 Å². The fraction of sp³-hybridized carbons (Fsp3) is 0.355. The molecule has 1 saturated carbocycles. The molecule has 2 aromatic carbocycles. The lowest BCUT2D eigenvalue weighted by Crippen LogP contribution is -2.49. The maximum absolute atomic E-state index is 13.0. The van der Waals surface area contributed by atoms with E-state index in [9.17, 15) is 24.3 Å². The molecule has 1 aliphatic heterocycles. The van der Waals surface area contributed by atoms with E-state index in [1.165, 1.54) is 17.4 Å². The number of amides is 3. The molecule has 3 atom stereocenters. The highest BCUT2D eigenvalue weighted by molar-refractivity contribution is 7.18. The number of carboxylic acids is 1. The summed E-state index contributed by atoms with van der Waals surface area (Å²) in [5.41, 5.74) is 1.77. The Hall–Kier alpha value is -3.40. The van der Waals surface area contributed by atoms with Crippen LogP contribution >= 0.6 is 34.5 Å². The molecule has 0 bridgehead atoms. The van der Waals surface area contributed by atoms with Crippen molar-refractivity contribution in [3.63, 3.8) is 0 Å². The number of likely N-dealkylation sites (tertiary alicyclic amines) is 1. The van der Waals surface area contributed by atoms with Crippen LogP contribution in [-0.4, -0.2) is 59.4 Å². The van der Waals surface area contributed by atoms with Crippen molar-refractivity contribution in [1.82, 2.24) is 15.5 Å². The van der Waals surface area contributed by atoms with Gasteiger partial charge in [0.05, 0.1) is 27.1 Å². The molecule has 2 fully saturated rings. The number of benzene rings is 2. The molecule has 42 heavy (non-hydrogen) atoms. The Balaban J connectivity index is 1.10. The zero-order valence-corrected chi connectivity index (χ0v) is 25.1. The minimum Gasteiger partial charge on any atom is -0.481 e. The number of nitrogens with one attached hydrogen (secondary N) is 2. The molecule has 2 aliphatic rings. The molecule has 1 aromatic heterocycles. The smallest absolute Gasteiger partial charge is 0.304 e. The number of aliphatic carboxylic acids is 1. The Kier molecular flexibility index (Phi) is 9.50. The molecular weight excluding hydrogens is 597 g/mol. The normalized spacial score (nSPS) is 19.5. The van der Waals surface area contributed by atoms with Crippen LogP contribution in [0.25, 0.3) is 16.2 Å². The molecule has 2 heterocycles. The van der Waals surface area contributed by atoms with Crippen molar-refractivity contribution < 1.29 is 24.3 Å². The van der Waals surface area contributed by atoms with Crippen LogP contribution < -0.4 is 10.6 Å². The second-order valence-electron chi connectivity index (χ2n) is 10.8. The van der Waals surface area contributed by atoms with Gasteiger partial charge in [-0.05, 0) is 65.3 Å². The fourth-order valence-corrected chi connectivity index (χ4v) is 6.84. The zero-order valence-electron chi connectivity index (χ0n) is 22.7. The molecule has 220 valence electrons. The van der Waals surface area contributed by atoms with Gasteiger partial charge in [0.2, 0.25) is 17.7 Å². The molecule has 5 rings (SSSR count). The second-order valence-corrected chi connectivity index (χ2v) is 12.4. The summed E-state index contributed by atoms with van der Waals surface area (Å²) >= 11 is 14.3. The largest absolute Gasteiger partial charge is 0.481 e. The number of piperidine rings is 1. The van der Waals surface area contributed by atoms with Crippen molar-refractivity contribution in [2.24, 2.45) is 11.8 Å². The molecule has 1 saturated heterocycles. The Morgan fingerprint density at radius 1 is 1.07 bits per heavy atom. The van der Waals surface area contributed by atoms with Crippen molar-refractivity contribution in [3.8, 4) is 0 Å². The SMILES string of the molecule is O=C(O)CC(CNC(=O)C1CC1c1ccccc1)C(=O)NC1CCN(C(=O)/C=C/c2cc3ccsc3c(Cl)c2Cl)CC1. The molecule has 3 amide bonds. The number of hydrogen-bond acceptors (Lipinski definition) is 5. The lowest BCUT2D eigenvalue weighted by molar-refractivity contribution is -0.141. The third kappa shape index (κ3) is 7.14. The van der Waals surface area contributed by atoms with Crippen LogP contribution in [0, 0.1) is 11.8 Å². The number of nitrogens with zero attached hydrogens (tertiary/aromatic N) is 1. The molecule has 3 N–H and O–H groups in total. The van der Waals surface area contributed by atoms with Gasteiger partial charge in [-0.2, -0.15) is 0 Å². The average Bonchev–Trinajstić information content (AvgIpc) is 3.66. The number of rotatable bonds is 10. The number of carbonyl (C=O) groups is 4. The molecule has 0 spiro atoms. The summed E-state index contributed by atoms with van der Waals surface area (Å²) < 4.78 is 0.904. The highest BCUT2D eigenvalue weighted by atomic mass is 35.5. The van der Waals surface area contributed by atoms with E-state index < -0.39 is 17.8 Å². The number of fused-ring (bicyclic) bond motifs is 1. The van der Waals surface area contributed by atoms with Crippen LogP contribution in [0.5, 0.6) is 0 Å². The van der Waals surface area contributed by atoms with Crippen molar-refractivity contribution in [1.29, 1.82) is 0 Å². The second kappa shape index (κ2) is 13.3. The number of halogens is 2. The first-order chi connectivity index (χ1) is 20.2. The van der Waals surface area contributed by atoms with Gasteiger partial charge in [0.15, 0.2) is 0 Å². The summed E-state index contributed by atoms with van der Waals surface area (Å²) in [6.45, 7) is 0.838. The van der Waals surface area contributed by atoms with E-state index in [0.29, 0.717) is 41.5 Å². The summed E-state index contributed by atoms with van der Waals surface area (Å²) in [6, 6.07) is 13.4. The summed E-state index contributed by atoms with van der Waals surface area (Å²) in [5.74, 6) is -2.75. The van der Waals surface area contributed by atoms with E-state index in [1.54, 1.807) is 11.0 Å². The highest BCUT2D eigenvalue weighted by Crippen LogP contribution is 2.47. The van der Waals surface area contributed by atoms with E-state index in [2.05, 4.69) is 10.6 Å². The highest BCUT2D eigenvalue weighted by Gasteiger charge is 2.44. The zero-order chi connectivity index (χ0) is 29.8. The van der Waals surface area contributed by atoms with Crippen molar-refractivity contribution in [2.45, 2.75) is 37.6 Å². The third-order valence-corrected chi connectivity index (χ3v) is 9.82. The lowest BCUT2D eigenvalue weighted by atomic mass is 10.0. The molecule has 0 radical (unpaired) electrons. The van der Waals surface area contributed by atoms with Crippen LogP contribution in [0.1, 0.15) is 42.7 Å². The van der Waals surface area contributed by atoms with E-state index in [1.807, 2.05) is 47.8 Å². The molecular formula is C31H31Cl2N3O5S. The summed E-state index contributed by atoms with van der Waals surface area (Å²) in [4.78, 5) is 51.7. The summed E-state index contributed by atoms with van der Waals surface area (Å²) in [7, 11) is 0. The number of carboxylic acid groups (broad SMARTS) is 1. The van der Waals surface area contributed by atoms with Crippen molar-refractivity contribution in [3.05, 3.63) is 75.1 Å². The van der Waals surface area contributed by atoms with Gasteiger partial charge in [-0.3, -0.25) is 19.2 Å². The van der Waals surface area contributed by atoms with E-state index in [0.717, 1.165) is 22.1 Å². The summed E-state index contributed by atoms with van der Waals surface area (Å²) in [6.07, 6.45) is 4.56. The standard InChI is InChI=1S/C31H31Cl2N3O5S/c32-27-19(14-20-10-13-42-29(20)28(27)33)6-7-25(37)36-11-8-22(9-12-36)35-30(40)21(15-26(38)39)17-34-31(41)24-16-23(24)18-4-2-1-3-5-18/h1-7,10,13-14,21-24H,8-9,11-12,15-17H2,(H,34,41)(H,35,40)(H,38,39)/b7-6+. The maximum Gasteiger partial charge on any atom is 0.304 e. The molecule has 3 aromatic rings. The Morgan fingerprint density at radius 2 is 1.81 bits per heavy atom. The Labute approximate surface area is 257 Å². The topological polar surface area (TPSA) is 116 Å². The molecule has 11 heteroatoms. The number of thiophene rings is 1. The lowest BCUT2D eigenvalue weighted by Gasteiger charge is -2.32. The van der Waals surface area contributed by atoms with Crippen LogP contribution in [0.4, 0.5) is 0 Å². The first-order valence-corrected chi connectivity index (χ1v) is 15.5. The summed E-state index contributed by atoms with van der Waals surface area (Å²) in [5, 5.41) is 18.8. The van der Waals surface area contributed by atoms with Gasteiger partial charge < -0.3 is 20.6 Å². The van der Waals surface area contributed by atoms with Crippen LogP contribution in [0.2, 0.25) is 10.0 Å². The van der Waals surface area contributed by atoms with Gasteiger partial charge in [-0.1, -0.05) is 53.5 Å².